The molecule has 0 aromatic carbocycles. The molecule has 2 N–H and O–H groups in total. The zero-order valence-electron chi connectivity index (χ0n) is 19.8. The Kier molecular flexibility index (Phi) is 18.3. The van der Waals surface area contributed by atoms with Crippen molar-refractivity contribution in [2.24, 2.45) is 0 Å². The van der Waals surface area contributed by atoms with Gasteiger partial charge in [0.25, 0.3) is 0 Å². The van der Waals surface area contributed by atoms with Gasteiger partial charge in [-0.3, -0.25) is 4.79 Å². The SMILES string of the molecule is CCCCC/C=C\C/C=C\CCCCCCCC(=O)NCCC[N+](C)(C)CC(=O)O. The van der Waals surface area contributed by atoms with Crippen LogP contribution in [0.1, 0.15) is 90.4 Å². The topological polar surface area (TPSA) is 66.4 Å². The van der Waals surface area contributed by atoms with Crippen molar-refractivity contribution < 1.29 is 19.2 Å². The first-order chi connectivity index (χ1) is 14.4. The van der Waals surface area contributed by atoms with Gasteiger partial charge in [-0.25, -0.2) is 4.79 Å². The summed E-state index contributed by atoms with van der Waals surface area (Å²) >= 11 is 0. The van der Waals surface area contributed by atoms with Gasteiger partial charge in [-0.05, 0) is 38.5 Å². The van der Waals surface area contributed by atoms with Gasteiger partial charge >= 0.3 is 5.97 Å². The summed E-state index contributed by atoms with van der Waals surface area (Å²) < 4.78 is 0.441. The number of nitrogens with one attached hydrogen (secondary N) is 1. The lowest BCUT2D eigenvalue weighted by molar-refractivity contribution is -0.883. The number of quaternary nitrogens is 1. The summed E-state index contributed by atoms with van der Waals surface area (Å²) in [5.41, 5.74) is 0. The van der Waals surface area contributed by atoms with Crippen LogP contribution in [-0.2, 0) is 9.59 Å². The van der Waals surface area contributed by atoms with Crippen LogP contribution in [0.3, 0.4) is 0 Å². The smallest absolute Gasteiger partial charge is 0.359 e. The molecule has 0 unspecified atom stereocenters. The molecule has 0 radical (unpaired) electrons. The maximum Gasteiger partial charge on any atom is 0.359 e. The Morgan fingerprint density at radius 2 is 1.43 bits per heavy atom. The lowest BCUT2D eigenvalue weighted by atomic mass is 10.1. The van der Waals surface area contributed by atoms with Crippen LogP contribution in [0.15, 0.2) is 24.3 Å². The van der Waals surface area contributed by atoms with Gasteiger partial charge in [0.05, 0.1) is 20.6 Å². The van der Waals surface area contributed by atoms with Crippen LogP contribution in [0.2, 0.25) is 0 Å². The average molecular weight is 424 g/mol. The van der Waals surface area contributed by atoms with Gasteiger partial charge in [-0.2, -0.15) is 0 Å². The standard InChI is InChI=1S/C25H46N2O3/c1-4-5-6-7-8-9-10-11-12-13-14-15-16-17-18-20-24(28)26-21-19-22-27(2,3)23-25(29)30/h8-9,11-12H,4-7,10,13-23H2,1-3H3,(H-,26,28,29,30)/p+1/b9-8-,12-11-. The number of carbonyl (C=O) groups is 2. The number of carboxylic acid groups (broad SMARTS) is 1. The molecule has 0 aliphatic rings. The van der Waals surface area contributed by atoms with Crippen molar-refractivity contribution in [3.05, 3.63) is 24.3 Å². The second-order valence-corrected chi connectivity index (χ2v) is 8.90. The quantitative estimate of drug-likeness (QED) is 0.155. The van der Waals surface area contributed by atoms with Crippen LogP contribution in [0.5, 0.6) is 0 Å². The van der Waals surface area contributed by atoms with E-state index in [1.54, 1.807) is 0 Å². The van der Waals surface area contributed by atoms with E-state index in [0.717, 1.165) is 38.6 Å². The zero-order valence-corrected chi connectivity index (χ0v) is 19.8. The molecule has 0 aliphatic carbocycles. The van der Waals surface area contributed by atoms with Crippen molar-refractivity contribution >= 4 is 11.9 Å². The summed E-state index contributed by atoms with van der Waals surface area (Å²) in [5, 5.41) is 11.8. The predicted molar refractivity (Wildman–Crippen MR) is 126 cm³/mol. The molecule has 0 heterocycles. The van der Waals surface area contributed by atoms with E-state index in [0.29, 0.717) is 17.4 Å². The van der Waals surface area contributed by atoms with Crippen molar-refractivity contribution in [1.82, 2.24) is 5.32 Å². The number of aliphatic carboxylic acids is 1. The Morgan fingerprint density at radius 1 is 0.833 bits per heavy atom. The summed E-state index contributed by atoms with van der Waals surface area (Å²) in [4.78, 5) is 22.6. The van der Waals surface area contributed by atoms with E-state index in [1.165, 1.54) is 44.9 Å². The van der Waals surface area contributed by atoms with E-state index in [-0.39, 0.29) is 12.5 Å². The number of carbonyl (C=O) groups excluding carboxylic acids is 1. The van der Waals surface area contributed by atoms with E-state index in [9.17, 15) is 9.59 Å². The summed E-state index contributed by atoms with van der Waals surface area (Å²) in [6, 6.07) is 0. The fourth-order valence-corrected chi connectivity index (χ4v) is 3.37. The molecule has 0 aromatic rings. The Morgan fingerprint density at radius 3 is 2.07 bits per heavy atom. The first-order valence-electron chi connectivity index (χ1n) is 12.0. The van der Waals surface area contributed by atoms with Crippen molar-refractivity contribution in [2.75, 3.05) is 33.7 Å². The minimum atomic E-state index is -0.787. The number of amides is 1. The lowest BCUT2D eigenvalue weighted by Gasteiger charge is -2.27. The molecule has 30 heavy (non-hydrogen) atoms. The number of rotatable bonds is 20. The number of nitrogens with zero attached hydrogens (tertiary/aromatic N) is 1. The molecule has 0 atom stereocenters. The second kappa shape index (κ2) is 19.3. The fraction of sp³-hybridized carbons (Fsp3) is 0.760. The van der Waals surface area contributed by atoms with E-state index >= 15 is 0 Å². The third kappa shape index (κ3) is 21.1. The van der Waals surface area contributed by atoms with Gasteiger partial charge in [0.2, 0.25) is 5.91 Å². The number of allylic oxidation sites excluding steroid dienone is 4. The summed E-state index contributed by atoms with van der Waals surface area (Å²) in [6.45, 7) is 3.72. The largest absolute Gasteiger partial charge is 0.477 e. The minimum absolute atomic E-state index is 0.111. The maximum absolute atomic E-state index is 11.9. The number of likely N-dealkylation sites (N-methyl/N-ethyl adjacent to an activating group) is 1. The molecule has 0 rings (SSSR count). The molecule has 5 heteroatoms. The van der Waals surface area contributed by atoms with Crippen LogP contribution < -0.4 is 5.32 Å². The lowest BCUT2D eigenvalue weighted by Crippen LogP contribution is -2.45. The van der Waals surface area contributed by atoms with E-state index < -0.39 is 5.97 Å². The maximum atomic E-state index is 11.9. The highest BCUT2D eigenvalue weighted by atomic mass is 16.4. The molecule has 1 amide bonds. The third-order valence-corrected chi connectivity index (χ3v) is 5.18. The molecule has 174 valence electrons. The minimum Gasteiger partial charge on any atom is -0.477 e. The van der Waals surface area contributed by atoms with Crippen molar-refractivity contribution in [1.29, 1.82) is 0 Å². The Hall–Kier alpha value is -1.62. The molecule has 0 spiro atoms. The summed E-state index contributed by atoms with van der Waals surface area (Å²) in [5.74, 6) is -0.672. The summed E-state index contributed by atoms with van der Waals surface area (Å²) in [7, 11) is 3.80. The number of unbranched alkanes of at least 4 members (excludes halogenated alkanes) is 8. The third-order valence-electron chi connectivity index (χ3n) is 5.18. The Balaban J connectivity index is 3.44. The monoisotopic (exact) mass is 423 g/mol. The molecular formula is C25H47N2O3+. The van der Waals surface area contributed by atoms with Crippen LogP contribution in [-0.4, -0.2) is 55.2 Å². The van der Waals surface area contributed by atoms with Gasteiger partial charge in [-0.15, -0.1) is 0 Å². The normalized spacial score (nSPS) is 12.1. The number of hydrogen-bond acceptors (Lipinski definition) is 2. The predicted octanol–water partition coefficient (Wildman–Crippen LogP) is 5.47. The van der Waals surface area contributed by atoms with E-state index in [1.807, 2.05) is 14.1 Å². The number of hydrogen-bond donors (Lipinski definition) is 2. The molecular weight excluding hydrogens is 376 g/mol. The molecule has 0 aliphatic heterocycles. The van der Waals surface area contributed by atoms with Gasteiger partial charge in [-0.1, -0.05) is 63.3 Å². The highest BCUT2D eigenvalue weighted by Gasteiger charge is 2.18. The van der Waals surface area contributed by atoms with Gasteiger partial charge in [0.1, 0.15) is 0 Å². The molecule has 5 nitrogen and oxygen atoms in total. The van der Waals surface area contributed by atoms with Crippen molar-refractivity contribution in [3.8, 4) is 0 Å². The number of carboxylic acids is 1. The van der Waals surface area contributed by atoms with Crippen LogP contribution in [0.25, 0.3) is 0 Å². The van der Waals surface area contributed by atoms with Crippen molar-refractivity contribution in [3.63, 3.8) is 0 Å². The van der Waals surface area contributed by atoms with Gasteiger partial charge < -0.3 is 14.9 Å². The average Bonchev–Trinajstić information content (AvgIpc) is 2.67. The van der Waals surface area contributed by atoms with Crippen LogP contribution >= 0.6 is 0 Å². The fourth-order valence-electron chi connectivity index (χ4n) is 3.37. The van der Waals surface area contributed by atoms with Crippen LogP contribution in [0.4, 0.5) is 0 Å². The van der Waals surface area contributed by atoms with E-state index in [2.05, 4.69) is 36.5 Å². The molecule has 0 bridgehead atoms. The summed E-state index contributed by atoms with van der Waals surface area (Å²) in [6.07, 6.45) is 23.6. The second-order valence-electron chi connectivity index (χ2n) is 8.90. The Bertz CT molecular complexity index is 499. The molecule has 0 fully saturated rings. The molecule has 0 saturated heterocycles. The first kappa shape index (κ1) is 28.4. The Labute approximate surface area is 185 Å². The van der Waals surface area contributed by atoms with Gasteiger partial charge in [0, 0.05) is 19.4 Å². The molecule has 0 aromatic heterocycles. The van der Waals surface area contributed by atoms with Crippen molar-refractivity contribution in [2.45, 2.75) is 90.4 Å². The van der Waals surface area contributed by atoms with E-state index in [4.69, 9.17) is 5.11 Å². The molecule has 0 saturated carbocycles. The van der Waals surface area contributed by atoms with Gasteiger partial charge in [0.15, 0.2) is 6.54 Å². The van der Waals surface area contributed by atoms with Crippen LogP contribution in [0, 0.1) is 0 Å². The first-order valence-corrected chi connectivity index (χ1v) is 12.0. The highest BCUT2D eigenvalue weighted by Crippen LogP contribution is 2.08. The highest BCUT2D eigenvalue weighted by molar-refractivity contribution is 5.75. The zero-order chi connectivity index (χ0) is 22.5.